The number of ether oxygens (including phenoxy) is 2. The molecule has 1 aromatic carbocycles. The van der Waals surface area contributed by atoms with Crippen LogP contribution in [-0.4, -0.2) is 63.9 Å². The van der Waals surface area contributed by atoms with E-state index in [1.54, 1.807) is 7.11 Å². The minimum atomic E-state index is 0.596. The van der Waals surface area contributed by atoms with E-state index in [1.165, 1.54) is 37.9 Å². The highest BCUT2D eigenvalue weighted by Crippen LogP contribution is 2.21. The summed E-state index contributed by atoms with van der Waals surface area (Å²) in [6.45, 7) is 11.4. The van der Waals surface area contributed by atoms with E-state index in [1.807, 2.05) is 0 Å². The molecule has 0 aromatic heterocycles. The van der Waals surface area contributed by atoms with Crippen molar-refractivity contribution in [3.8, 4) is 5.75 Å². The van der Waals surface area contributed by atoms with Gasteiger partial charge < -0.3 is 25.0 Å². The van der Waals surface area contributed by atoms with Crippen molar-refractivity contribution in [2.75, 3.05) is 53.0 Å². The maximum absolute atomic E-state index is 5.98. The molecule has 1 saturated heterocycles. The number of nitrogens with zero attached hydrogens (tertiary/aromatic N) is 2. The van der Waals surface area contributed by atoms with Crippen LogP contribution in [0.5, 0.6) is 5.75 Å². The molecule has 0 amide bonds. The van der Waals surface area contributed by atoms with Gasteiger partial charge in [-0.2, -0.15) is 0 Å². The molecule has 6 nitrogen and oxygen atoms in total. The van der Waals surface area contributed by atoms with Gasteiger partial charge in [0.05, 0.1) is 13.2 Å². The number of rotatable bonds is 11. The van der Waals surface area contributed by atoms with Crippen molar-refractivity contribution in [2.45, 2.75) is 46.1 Å². The van der Waals surface area contributed by atoms with Gasteiger partial charge in [0.2, 0.25) is 0 Å². The zero-order valence-electron chi connectivity index (χ0n) is 17.9. The Morgan fingerprint density at radius 1 is 1.14 bits per heavy atom. The van der Waals surface area contributed by atoms with Gasteiger partial charge in [-0.1, -0.05) is 18.6 Å². The topological polar surface area (TPSA) is 58.1 Å². The number of guanidine groups is 1. The molecule has 0 unspecified atom stereocenters. The molecule has 2 N–H and O–H groups in total. The lowest BCUT2D eigenvalue weighted by atomic mass is 10.1. The van der Waals surface area contributed by atoms with Crippen molar-refractivity contribution < 1.29 is 9.47 Å². The first-order chi connectivity index (χ1) is 13.7. The second kappa shape index (κ2) is 13.4. The first kappa shape index (κ1) is 22.5. The third kappa shape index (κ3) is 8.48. The van der Waals surface area contributed by atoms with E-state index in [0.717, 1.165) is 43.3 Å². The molecule has 0 bridgehead atoms. The number of piperidine rings is 1. The molecule has 1 aromatic rings. The van der Waals surface area contributed by atoms with Crippen LogP contribution in [0.15, 0.2) is 23.2 Å². The quantitative estimate of drug-likeness (QED) is 0.346. The number of aliphatic imine (C=N–C) groups is 1. The Labute approximate surface area is 170 Å². The summed E-state index contributed by atoms with van der Waals surface area (Å²) in [5.41, 5.74) is 2.30. The van der Waals surface area contributed by atoms with E-state index >= 15 is 0 Å². The van der Waals surface area contributed by atoms with Gasteiger partial charge in [-0.15, -0.1) is 0 Å². The lowest BCUT2D eigenvalue weighted by Crippen LogP contribution is -2.42. The number of methoxy groups -OCH3 is 1. The highest BCUT2D eigenvalue weighted by Gasteiger charge is 2.10. The predicted octanol–water partition coefficient (Wildman–Crippen LogP) is 2.95. The molecule has 1 aliphatic rings. The number of hydrogen-bond acceptors (Lipinski definition) is 4. The van der Waals surface area contributed by atoms with Gasteiger partial charge in [0.25, 0.3) is 0 Å². The van der Waals surface area contributed by atoms with Gasteiger partial charge in [0.1, 0.15) is 5.75 Å². The van der Waals surface area contributed by atoms with Gasteiger partial charge in [-0.3, -0.25) is 0 Å². The largest absolute Gasteiger partial charge is 0.493 e. The molecule has 1 fully saturated rings. The van der Waals surface area contributed by atoms with E-state index in [2.05, 4.69) is 47.6 Å². The molecule has 28 heavy (non-hydrogen) atoms. The van der Waals surface area contributed by atoms with Crippen LogP contribution >= 0.6 is 0 Å². The zero-order valence-corrected chi connectivity index (χ0v) is 17.9. The summed E-state index contributed by atoms with van der Waals surface area (Å²) >= 11 is 0. The van der Waals surface area contributed by atoms with Crippen LogP contribution in [-0.2, 0) is 11.3 Å². The molecular formula is C22H38N4O2. The van der Waals surface area contributed by atoms with Crippen molar-refractivity contribution in [1.82, 2.24) is 15.5 Å². The SMILES string of the molecule is CCNC(=NCc1ccc(C)cc1OCCCOC)NCCN1CCCCC1. The summed E-state index contributed by atoms with van der Waals surface area (Å²) in [5, 5.41) is 6.81. The molecule has 158 valence electrons. The fourth-order valence-electron chi connectivity index (χ4n) is 3.33. The highest BCUT2D eigenvalue weighted by atomic mass is 16.5. The number of nitrogens with one attached hydrogen (secondary N) is 2. The fraction of sp³-hybridized carbons (Fsp3) is 0.682. The average Bonchev–Trinajstić information content (AvgIpc) is 2.71. The molecule has 0 saturated carbocycles. The van der Waals surface area contributed by atoms with E-state index in [4.69, 9.17) is 14.5 Å². The van der Waals surface area contributed by atoms with Crippen molar-refractivity contribution in [3.05, 3.63) is 29.3 Å². The number of likely N-dealkylation sites (tertiary alicyclic amines) is 1. The van der Waals surface area contributed by atoms with E-state index in [9.17, 15) is 0 Å². The molecule has 0 aliphatic carbocycles. The van der Waals surface area contributed by atoms with Crippen LogP contribution in [0.3, 0.4) is 0 Å². The van der Waals surface area contributed by atoms with Gasteiger partial charge in [-0.05, 0) is 51.4 Å². The molecule has 1 aliphatic heterocycles. The number of aryl methyl sites for hydroxylation is 1. The van der Waals surface area contributed by atoms with Crippen molar-refractivity contribution in [3.63, 3.8) is 0 Å². The summed E-state index contributed by atoms with van der Waals surface area (Å²) in [6.07, 6.45) is 4.91. The fourth-order valence-corrected chi connectivity index (χ4v) is 3.33. The molecule has 0 radical (unpaired) electrons. The maximum Gasteiger partial charge on any atom is 0.191 e. The first-order valence-electron chi connectivity index (χ1n) is 10.7. The van der Waals surface area contributed by atoms with E-state index in [-0.39, 0.29) is 0 Å². The number of hydrogen-bond donors (Lipinski definition) is 2. The van der Waals surface area contributed by atoms with Gasteiger partial charge in [0.15, 0.2) is 5.96 Å². The van der Waals surface area contributed by atoms with Crippen LogP contribution in [0, 0.1) is 6.92 Å². The Hall–Kier alpha value is -1.79. The van der Waals surface area contributed by atoms with Crippen LogP contribution in [0.4, 0.5) is 0 Å². The summed E-state index contributed by atoms with van der Waals surface area (Å²) in [4.78, 5) is 7.31. The summed E-state index contributed by atoms with van der Waals surface area (Å²) < 4.78 is 11.1. The van der Waals surface area contributed by atoms with Gasteiger partial charge in [0, 0.05) is 45.3 Å². The Kier molecular flexibility index (Phi) is 10.8. The highest BCUT2D eigenvalue weighted by molar-refractivity contribution is 5.79. The normalized spacial score (nSPS) is 15.5. The summed E-state index contributed by atoms with van der Waals surface area (Å²) in [5.74, 6) is 1.79. The number of benzene rings is 1. The lowest BCUT2D eigenvalue weighted by Gasteiger charge is -2.26. The molecule has 0 spiro atoms. The smallest absolute Gasteiger partial charge is 0.191 e. The summed E-state index contributed by atoms with van der Waals surface area (Å²) in [6, 6.07) is 6.32. The second-order valence-electron chi connectivity index (χ2n) is 7.33. The average molecular weight is 391 g/mol. The van der Waals surface area contributed by atoms with Crippen LogP contribution in [0.1, 0.15) is 43.7 Å². The first-order valence-corrected chi connectivity index (χ1v) is 10.7. The predicted molar refractivity (Wildman–Crippen MR) is 116 cm³/mol. The minimum absolute atomic E-state index is 0.596. The standard InChI is InChI=1S/C22H38N4O2/c1-4-23-22(24-11-14-26-12-6-5-7-13-26)25-18-20-10-9-19(2)17-21(20)28-16-8-15-27-3/h9-10,17H,4-8,11-16,18H2,1-3H3,(H2,23,24,25). The lowest BCUT2D eigenvalue weighted by molar-refractivity contribution is 0.172. The van der Waals surface area contributed by atoms with Crippen LogP contribution in [0.25, 0.3) is 0 Å². The van der Waals surface area contributed by atoms with E-state index < -0.39 is 0 Å². The van der Waals surface area contributed by atoms with Gasteiger partial charge in [-0.25, -0.2) is 4.99 Å². The monoisotopic (exact) mass is 390 g/mol. The molecule has 1 heterocycles. The third-order valence-electron chi connectivity index (χ3n) is 4.89. The zero-order chi connectivity index (χ0) is 20.0. The van der Waals surface area contributed by atoms with Crippen LogP contribution < -0.4 is 15.4 Å². The minimum Gasteiger partial charge on any atom is -0.493 e. The molecule has 0 atom stereocenters. The van der Waals surface area contributed by atoms with Crippen molar-refractivity contribution in [1.29, 1.82) is 0 Å². The Bertz CT molecular complexity index is 586. The third-order valence-corrected chi connectivity index (χ3v) is 4.89. The summed E-state index contributed by atoms with van der Waals surface area (Å²) in [7, 11) is 1.72. The van der Waals surface area contributed by atoms with Crippen LogP contribution in [0.2, 0.25) is 0 Å². The van der Waals surface area contributed by atoms with Gasteiger partial charge >= 0.3 is 0 Å². The Morgan fingerprint density at radius 2 is 1.96 bits per heavy atom. The van der Waals surface area contributed by atoms with Crippen molar-refractivity contribution in [2.24, 2.45) is 4.99 Å². The maximum atomic E-state index is 5.98. The van der Waals surface area contributed by atoms with E-state index in [0.29, 0.717) is 19.8 Å². The molecule has 2 rings (SSSR count). The Morgan fingerprint density at radius 3 is 2.71 bits per heavy atom. The molecular weight excluding hydrogens is 352 g/mol. The Balaban J connectivity index is 1.89. The second-order valence-corrected chi connectivity index (χ2v) is 7.33. The van der Waals surface area contributed by atoms with Crippen molar-refractivity contribution >= 4 is 5.96 Å². The molecule has 6 heteroatoms.